The third-order valence-corrected chi connectivity index (χ3v) is 2.60. The summed E-state index contributed by atoms with van der Waals surface area (Å²) in [4.78, 5) is 17.5. The Hall–Kier alpha value is -1.07. The molecule has 0 fully saturated rings. The summed E-state index contributed by atoms with van der Waals surface area (Å²) in [5, 5.41) is 6.13. The lowest BCUT2D eigenvalue weighted by molar-refractivity contribution is -0.129. The maximum absolute atomic E-state index is 11.6. The van der Waals surface area contributed by atoms with Crippen LogP contribution >= 0.6 is 11.9 Å². The molecule has 0 spiro atoms. The van der Waals surface area contributed by atoms with Gasteiger partial charge in [0.15, 0.2) is 0 Å². The Morgan fingerprint density at radius 2 is 2.33 bits per heavy atom. The number of nitrogens with zero attached hydrogens (tertiary/aromatic N) is 2. The molecule has 0 aliphatic rings. The lowest BCUT2D eigenvalue weighted by Gasteiger charge is -2.13. The molecule has 4 nitrogen and oxygen atoms in total. The second-order valence-electron chi connectivity index (χ2n) is 3.17. The molecule has 0 saturated carbocycles. The molecule has 0 bridgehead atoms. The summed E-state index contributed by atoms with van der Waals surface area (Å²) >= 11 is 1.09. The van der Waals surface area contributed by atoms with Crippen LogP contribution in [0.4, 0.5) is 0 Å². The molecule has 15 heavy (non-hydrogen) atoms. The molecule has 2 N–H and O–H groups in total. The van der Waals surface area contributed by atoms with Gasteiger partial charge in [-0.05, 0) is 31.0 Å². The second kappa shape index (κ2) is 5.72. The van der Waals surface area contributed by atoms with Crippen LogP contribution in [0.2, 0.25) is 0 Å². The number of carbonyl (C=O) groups excluding carboxylic acids is 1. The van der Waals surface area contributed by atoms with Crippen molar-refractivity contribution in [2.24, 2.45) is 5.14 Å². The monoisotopic (exact) mass is 225 g/mol. The van der Waals surface area contributed by atoms with Crippen LogP contribution in [0, 0.1) is 0 Å². The van der Waals surface area contributed by atoms with Gasteiger partial charge in [0.1, 0.15) is 5.03 Å². The van der Waals surface area contributed by atoms with Crippen LogP contribution in [0.3, 0.4) is 0 Å². The van der Waals surface area contributed by atoms with Gasteiger partial charge in [0.25, 0.3) is 0 Å². The highest BCUT2D eigenvalue weighted by molar-refractivity contribution is 7.97. The topological polar surface area (TPSA) is 59.2 Å². The first kappa shape index (κ1) is 12.0. The Morgan fingerprint density at radius 3 is 2.93 bits per heavy atom. The zero-order valence-electron chi connectivity index (χ0n) is 8.93. The minimum absolute atomic E-state index is 0.0733. The van der Waals surface area contributed by atoms with Crippen LogP contribution in [0.25, 0.3) is 0 Å². The first-order valence-electron chi connectivity index (χ1n) is 4.74. The SMILES string of the molecule is CCN(C)C(=O)Cc1cccc(SN)n1. The van der Waals surface area contributed by atoms with Crippen LogP contribution in [-0.2, 0) is 11.2 Å². The third-order valence-electron chi connectivity index (χ3n) is 2.13. The number of pyridine rings is 1. The van der Waals surface area contributed by atoms with Gasteiger partial charge in [0.05, 0.1) is 12.1 Å². The summed E-state index contributed by atoms with van der Waals surface area (Å²) in [6.45, 7) is 2.65. The minimum atomic E-state index is 0.0733. The van der Waals surface area contributed by atoms with E-state index < -0.39 is 0 Å². The molecule has 1 heterocycles. The van der Waals surface area contributed by atoms with Crippen molar-refractivity contribution in [2.75, 3.05) is 13.6 Å². The minimum Gasteiger partial charge on any atom is -0.346 e. The number of aromatic nitrogens is 1. The van der Waals surface area contributed by atoms with E-state index in [4.69, 9.17) is 5.14 Å². The molecular formula is C10H15N3OS. The van der Waals surface area contributed by atoms with Crippen LogP contribution in [0.1, 0.15) is 12.6 Å². The van der Waals surface area contributed by atoms with E-state index in [9.17, 15) is 4.79 Å². The second-order valence-corrected chi connectivity index (χ2v) is 3.82. The van der Waals surface area contributed by atoms with Crippen molar-refractivity contribution < 1.29 is 4.79 Å². The van der Waals surface area contributed by atoms with Crippen LogP contribution < -0.4 is 5.14 Å². The lowest BCUT2D eigenvalue weighted by atomic mass is 10.2. The number of likely N-dealkylation sites (N-methyl/N-ethyl adjacent to an activating group) is 1. The van der Waals surface area contributed by atoms with Crippen molar-refractivity contribution in [1.82, 2.24) is 9.88 Å². The Morgan fingerprint density at radius 1 is 1.60 bits per heavy atom. The van der Waals surface area contributed by atoms with Gasteiger partial charge in [-0.25, -0.2) is 4.98 Å². The van der Waals surface area contributed by atoms with Gasteiger partial charge >= 0.3 is 0 Å². The number of rotatable bonds is 4. The Labute approximate surface area is 94.0 Å². The van der Waals surface area contributed by atoms with E-state index in [2.05, 4.69) is 4.98 Å². The van der Waals surface area contributed by atoms with Crippen molar-refractivity contribution in [3.63, 3.8) is 0 Å². The molecule has 1 rings (SSSR count). The number of nitrogens with two attached hydrogens (primary N) is 1. The quantitative estimate of drug-likeness (QED) is 0.779. The van der Waals surface area contributed by atoms with Crippen molar-refractivity contribution in [2.45, 2.75) is 18.4 Å². The fourth-order valence-electron chi connectivity index (χ4n) is 1.09. The summed E-state index contributed by atoms with van der Waals surface area (Å²) in [6, 6.07) is 5.51. The molecule has 0 aliphatic heterocycles. The molecule has 0 radical (unpaired) electrons. The van der Waals surface area contributed by atoms with E-state index in [1.807, 2.05) is 25.1 Å². The zero-order chi connectivity index (χ0) is 11.3. The fourth-order valence-corrected chi connectivity index (χ4v) is 1.42. The summed E-state index contributed by atoms with van der Waals surface area (Å²) in [6.07, 6.45) is 0.332. The van der Waals surface area contributed by atoms with Crippen LogP contribution in [-0.4, -0.2) is 29.4 Å². The first-order valence-corrected chi connectivity index (χ1v) is 5.62. The first-order chi connectivity index (χ1) is 7.17. The molecule has 1 aromatic heterocycles. The van der Waals surface area contributed by atoms with E-state index in [-0.39, 0.29) is 5.91 Å². The zero-order valence-corrected chi connectivity index (χ0v) is 9.75. The molecule has 0 atom stereocenters. The normalized spacial score (nSPS) is 10.1. The molecule has 0 unspecified atom stereocenters. The highest BCUT2D eigenvalue weighted by atomic mass is 32.2. The summed E-state index contributed by atoms with van der Waals surface area (Å²) in [7, 11) is 1.78. The number of hydrogen-bond donors (Lipinski definition) is 1. The number of hydrogen-bond acceptors (Lipinski definition) is 4. The molecule has 0 aromatic carbocycles. The van der Waals surface area contributed by atoms with Crippen molar-refractivity contribution in [3.8, 4) is 0 Å². The maximum atomic E-state index is 11.6. The van der Waals surface area contributed by atoms with E-state index in [0.29, 0.717) is 13.0 Å². The molecule has 5 heteroatoms. The van der Waals surface area contributed by atoms with Gasteiger partial charge in [-0.15, -0.1) is 0 Å². The van der Waals surface area contributed by atoms with Gasteiger partial charge in [-0.2, -0.15) is 0 Å². The molecule has 1 aromatic rings. The van der Waals surface area contributed by atoms with Gasteiger partial charge in [0.2, 0.25) is 5.91 Å². The molecule has 0 saturated heterocycles. The lowest BCUT2D eigenvalue weighted by Crippen LogP contribution is -2.28. The van der Waals surface area contributed by atoms with E-state index in [1.54, 1.807) is 11.9 Å². The van der Waals surface area contributed by atoms with Crippen molar-refractivity contribution >= 4 is 17.9 Å². The van der Waals surface area contributed by atoms with Gasteiger partial charge in [-0.3, -0.25) is 9.93 Å². The predicted octanol–water partition coefficient (Wildman–Crippen LogP) is 1.07. The van der Waals surface area contributed by atoms with Gasteiger partial charge < -0.3 is 4.90 Å². The van der Waals surface area contributed by atoms with E-state index in [0.717, 1.165) is 22.7 Å². The highest BCUT2D eigenvalue weighted by Gasteiger charge is 2.08. The van der Waals surface area contributed by atoms with Crippen LogP contribution in [0.15, 0.2) is 23.2 Å². The Kier molecular flexibility index (Phi) is 4.58. The third kappa shape index (κ3) is 3.53. The summed E-state index contributed by atoms with van der Waals surface area (Å²) in [5.74, 6) is 0.0733. The van der Waals surface area contributed by atoms with Crippen LogP contribution in [0.5, 0.6) is 0 Å². The Balaban J connectivity index is 2.68. The molecule has 1 amide bonds. The summed E-state index contributed by atoms with van der Waals surface area (Å²) < 4.78 is 0. The average molecular weight is 225 g/mol. The molecular weight excluding hydrogens is 210 g/mol. The smallest absolute Gasteiger partial charge is 0.228 e. The Bertz CT molecular complexity index is 343. The average Bonchev–Trinajstić information content (AvgIpc) is 2.28. The predicted molar refractivity (Wildman–Crippen MR) is 61.3 cm³/mol. The largest absolute Gasteiger partial charge is 0.346 e. The summed E-state index contributed by atoms with van der Waals surface area (Å²) in [5.41, 5.74) is 0.760. The number of carbonyl (C=O) groups is 1. The fraction of sp³-hybridized carbons (Fsp3) is 0.400. The standard InChI is InChI=1S/C10H15N3OS/c1-3-13(2)10(14)7-8-5-4-6-9(12-8)15-11/h4-6H,3,7,11H2,1-2H3. The maximum Gasteiger partial charge on any atom is 0.228 e. The van der Waals surface area contributed by atoms with Crippen molar-refractivity contribution in [3.05, 3.63) is 23.9 Å². The van der Waals surface area contributed by atoms with Gasteiger partial charge in [-0.1, -0.05) is 6.07 Å². The van der Waals surface area contributed by atoms with E-state index >= 15 is 0 Å². The van der Waals surface area contributed by atoms with Crippen molar-refractivity contribution in [1.29, 1.82) is 0 Å². The molecule has 82 valence electrons. The van der Waals surface area contributed by atoms with Gasteiger partial charge in [0, 0.05) is 13.6 Å². The highest BCUT2D eigenvalue weighted by Crippen LogP contribution is 2.09. The molecule has 0 aliphatic carbocycles. The van der Waals surface area contributed by atoms with E-state index in [1.165, 1.54) is 0 Å². The number of amides is 1.